The van der Waals surface area contributed by atoms with Crippen LogP contribution < -0.4 is 4.46 Å². The number of nitrogens with zero attached hydrogens (tertiary/aromatic N) is 1. The Morgan fingerprint density at radius 1 is 0.613 bits per heavy atom. The quantitative estimate of drug-likeness (QED) is 0.305. The van der Waals surface area contributed by atoms with Crippen molar-refractivity contribution in [1.82, 2.24) is 4.90 Å². The maximum atomic E-state index is 2.76. The SMILES string of the molecule is c1ccc(CN2[C@H](c3ccccc3)[C@@H]([Se]c3ccccc3)C[C@H]2c2ccccc2)cc1. The van der Waals surface area contributed by atoms with E-state index in [0.29, 0.717) is 31.9 Å². The molecule has 0 bridgehead atoms. The third-order valence-corrected chi connectivity index (χ3v) is 8.85. The van der Waals surface area contributed by atoms with E-state index in [9.17, 15) is 0 Å². The van der Waals surface area contributed by atoms with E-state index >= 15 is 0 Å². The fraction of sp³-hybridized carbons (Fsp3) is 0.172. The average Bonchev–Trinajstić information content (AvgIpc) is 3.19. The topological polar surface area (TPSA) is 3.24 Å². The second-order valence-electron chi connectivity index (χ2n) is 8.14. The predicted molar refractivity (Wildman–Crippen MR) is 131 cm³/mol. The first-order chi connectivity index (χ1) is 15.4. The van der Waals surface area contributed by atoms with E-state index < -0.39 is 0 Å². The zero-order chi connectivity index (χ0) is 20.9. The summed E-state index contributed by atoms with van der Waals surface area (Å²) in [5.41, 5.74) is 4.27. The molecule has 31 heavy (non-hydrogen) atoms. The maximum absolute atomic E-state index is 2.76. The standard InChI is InChI=1S/C29H27NSe/c1-5-13-23(14-6-1)22-30-27(24-15-7-2-8-16-24)21-28(31-26-19-11-4-12-20-26)29(30)25-17-9-3-10-18-25/h1-20,27-29H,21-22H2/t27-,28-,29+/m0/s1. The van der Waals surface area contributed by atoms with Crippen LogP contribution in [0, 0.1) is 0 Å². The van der Waals surface area contributed by atoms with E-state index in [1.165, 1.54) is 27.6 Å². The van der Waals surface area contributed by atoms with Crippen LogP contribution in [0.25, 0.3) is 0 Å². The summed E-state index contributed by atoms with van der Waals surface area (Å²) < 4.78 is 1.49. The molecule has 2 heteroatoms. The Kier molecular flexibility index (Phi) is 6.32. The van der Waals surface area contributed by atoms with Crippen molar-refractivity contribution in [2.75, 3.05) is 0 Å². The predicted octanol–water partition coefficient (Wildman–Crippen LogP) is 6.19. The van der Waals surface area contributed by atoms with Gasteiger partial charge in [0.1, 0.15) is 0 Å². The van der Waals surface area contributed by atoms with Crippen LogP contribution in [-0.2, 0) is 6.54 Å². The van der Waals surface area contributed by atoms with E-state index in [4.69, 9.17) is 0 Å². The van der Waals surface area contributed by atoms with Gasteiger partial charge in [0.05, 0.1) is 0 Å². The van der Waals surface area contributed by atoms with Gasteiger partial charge in [-0.15, -0.1) is 0 Å². The number of hydrogen-bond donors (Lipinski definition) is 0. The molecule has 0 unspecified atom stereocenters. The molecule has 4 aromatic carbocycles. The van der Waals surface area contributed by atoms with Gasteiger partial charge in [-0.05, 0) is 0 Å². The van der Waals surface area contributed by atoms with Gasteiger partial charge in [0.25, 0.3) is 0 Å². The van der Waals surface area contributed by atoms with Crippen LogP contribution in [-0.4, -0.2) is 19.9 Å². The van der Waals surface area contributed by atoms with Crippen molar-refractivity contribution in [3.05, 3.63) is 138 Å². The van der Waals surface area contributed by atoms with Crippen LogP contribution in [0.1, 0.15) is 35.2 Å². The van der Waals surface area contributed by atoms with E-state index in [0.717, 1.165) is 6.54 Å². The second-order valence-corrected chi connectivity index (χ2v) is 10.9. The van der Waals surface area contributed by atoms with Gasteiger partial charge in [-0.3, -0.25) is 0 Å². The van der Waals surface area contributed by atoms with Crippen LogP contribution in [0.15, 0.2) is 121 Å². The summed E-state index contributed by atoms with van der Waals surface area (Å²) >= 11 is 0.417. The van der Waals surface area contributed by atoms with Crippen molar-refractivity contribution in [1.29, 1.82) is 0 Å². The molecule has 1 aliphatic heterocycles. The third kappa shape index (κ3) is 4.67. The zero-order valence-electron chi connectivity index (χ0n) is 17.5. The van der Waals surface area contributed by atoms with Crippen LogP contribution >= 0.6 is 0 Å². The molecule has 0 spiro atoms. The molecule has 0 aromatic heterocycles. The molecule has 1 aliphatic rings. The third-order valence-electron chi connectivity index (χ3n) is 6.13. The Hall–Kier alpha value is -2.64. The second kappa shape index (κ2) is 9.66. The molecule has 0 aliphatic carbocycles. The molecule has 0 saturated carbocycles. The number of benzene rings is 4. The van der Waals surface area contributed by atoms with Crippen molar-refractivity contribution >= 4 is 19.4 Å². The van der Waals surface area contributed by atoms with E-state index in [-0.39, 0.29) is 0 Å². The molecule has 5 rings (SSSR count). The molecule has 4 aromatic rings. The first-order valence-electron chi connectivity index (χ1n) is 11.0. The number of hydrogen-bond acceptors (Lipinski definition) is 1. The molecular formula is C29H27NSe. The van der Waals surface area contributed by atoms with Gasteiger partial charge in [-0.25, -0.2) is 0 Å². The Balaban J connectivity index is 1.56. The van der Waals surface area contributed by atoms with Crippen molar-refractivity contribution in [3.63, 3.8) is 0 Å². The van der Waals surface area contributed by atoms with Crippen molar-refractivity contribution in [2.24, 2.45) is 0 Å². The number of rotatable bonds is 6. The van der Waals surface area contributed by atoms with Gasteiger partial charge < -0.3 is 0 Å². The minimum absolute atomic E-state index is 0.417. The van der Waals surface area contributed by atoms with Crippen LogP contribution in [0.2, 0.25) is 4.82 Å². The van der Waals surface area contributed by atoms with Crippen molar-refractivity contribution < 1.29 is 0 Å². The monoisotopic (exact) mass is 469 g/mol. The molecule has 0 amide bonds. The summed E-state index contributed by atoms with van der Waals surface area (Å²) in [7, 11) is 0. The van der Waals surface area contributed by atoms with Crippen LogP contribution in [0.4, 0.5) is 0 Å². The normalized spacial score (nSPS) is 21.2. The summed E-state index contributed by atoms with van der Waals surface area (Å²) in [6.45, 7) is 0.974. The summed E-state index contributed by atoms with van der Waals surface area (Å²) in [4.78, 5) is 3.39. The summed E-state index contributed by atoms with van der Waals surface area (Å²) in [6.07, 6.45) is 1.20. The molecular weight excluding hydrogens is 441 g/mol. The fourth-order valence-corrected chi connectivity index (χ4v) is 7.65. The zero-order valence-corrected chi connectivity index (χ0v) is 19.3. The molecule has 1 saturated heterocycles. The molecule has 1 nitrogen and oxygen atoms in total. The molecule has 1 heterocycles. The van der Waals surface area contributed by atoms with E-state index in [1.54, 1.807) is 0 Å². The first kappa shape index (κ1) is 20.3. The summed E-state index contributed by atoms with van der Waals surface area (Å²) in [6, 6.07) is 45.2. The average molecular weight is 469 g/mol. The minimum atomic E-state index is 0.417. The van der Waals surface area contributed by atoms with Crippen molar-refractivity contribution in [3.8, 4) is 0 Å². The van der Waals surface area contributed by atoms with Crippen LogP contribution in [0.5, 0.6) is 0 Å². The van der Waals surface area contributed by atoms with E-state index in [2.05, 4.69) is 126 Å². The van der Waals surface area contributed by atoms with Crippen LogP contribution in [0.3, 0.4) is 0 Å². The van der Waals surface area contributed by atoms with Crippen molar-refractivity contribution in [2.45, 2.75) is 29.9 Å². The Bertz CT molecular complexity index is 1070. The Labute approximate surface area is 191 Å². The first-order valence-corrected chi connectivity index (χ1v) is 12.8. The Morgan fingerprint density at radius 2 is 1.13 bits per heavy atom. The fourth-order valence-electron chi connectivity index (χ4n) is 4.74. The molecule has 0 radical (unpaired) electrons. The van der Waals surface area contributed by atoms with E-state index in [1.807, 2.05) is 0 Å². The van der Waals surface area contributed by atoms with Gasteiger partial charge in [0.2, 0.25) is 0 Å². The summed E-state index contributed by atoms with van der Waals surface area (Å²) in [5.74, 6) is 0. The number of likely N-dealkylation sites (tertiary alicyclic amines) is 1. The Morgan fingerprint density at radius 3 is 1.74 bits per heavy atom. The molecule has 154 valence electrons. The van der Waals surface area contributed by atoms with Gasteiger partial charge >= 0.3 is 192 Å². The molecule has 1 fully saturated rings. The molecule has 0 N–H and O–H groups in total. The van der Waals surface area contributed by atoms with Gasteiger partial charge in [-0.1, -0.05) is 0 Å². The van der Waals surface area contributed by atoms with Gasteiger partial charge in [-0.2, -0.15) is 0 Å². The summed E-state index contributed by atoms with van der Waals surface area (Å²) in [5, 5.41) is 0. The van der Waals surface area contributed by atoms with Gasteiger partial charge in [0.15, 0.2) is 0 Å². The molecule has 3 atom stereocenters. The van der Waals surface area contributed by atoms with Gasteiger partial charge in [0, 0.05) is 0 Å².